The van der Waals surface area contributed by atoms with Gasteiger partial charge in [-0.2, -0.15) is 13.2 Å². The van der Waals surface area contributed by atoms with Gasteiger partial charge in [0.2, 0.25) is 0 Å². The molecule has 0 spiro atoms. The molecule has 1 saturated carbocycles. The minimum atomic E-state index is -4.47. The average molecular weight is 539 g/mol. The molecular formula is C26H29F3N2O5S. The summed E-state index contributed by atoms with van der Waals surface area (Å²) in [4.78, 5) is 15.0. The number of methoxy groups -OCH3 is 2. The average Bonchev–Trinajstić information content (AvgIpc) is 3.61. The molecule has 1 atom stereocenters. The minimum Gasteiger partial charge on any atom is -0.493 e. The lowest BCUT2D eigenvalue weighted by atomic mass is 10.1. The molecule has 2 aromatic carbocycles. The van der Waals surface area contributed by atoms with Crippen molar-refractivity contribution in [3.63, 3.8) is 0 Å². The Hall–Kier alpha value is -3.15. The first kappa shape index (κ1) is 28.4. The summed E-state index contributed by atoms with van der Waals surface area (Å²) in [6, 6.07) is 9.99. The molecule has 7 nitrogen and oxygen atoms in total. The van der Waals surface area contributed by atoms with Gasteiger partial charge >= 0.3 is 12.1 Å². The van der Waals surface area contributed by atoms with Crippen LogP contribution in [0.3, 0.4) is 0 Å². The van der Waals surface area contributed by atoms with Crippen molar-refractivity contribution in [1.82, 2.24) is 10.3 Å². The molecular weight excluding hydrogens is 509 g/mol. The number of thiazole rings is 1. The number of aliphatic hydroxyl groups is 1. The van der Waals surface area contributed by atoms with E-state index in [2.05, 4.69) is 10.3 Å². The second kappa shape index (κ2) is 12.4. The smallest absolute Gasteiger partial charge is 0.416 e. The van der Waals surface area contributed by atoms with Crippen LogP contribution in [0, 0.1) is 12.8 Å². The maximum Gasteiger partial charge on any atom is 0.416 e. The van der Waals surface area contributed by atoms with Crippen LogP contribution in [0.1, 0.15) is 44.8 Å². The summed E-state index contributed by atoms with van der Waals surface area (Å²) in [5, 5.41) is 22.9. The number of hydrogen-bond donors (Lipinski definition) is 3. The van der Waals surface area contributed by atoms with E-state index in [9.17, 15) is 23.1 Å². The number of hydrogen-bond acceptors (Lipinski definition) is 7. The van der Waals surface area contributed by atoms with Crippen molar-refractivity contribution >= 4 is 17.3 Å². The van der Waals surface area contributed by atoms with E-state index in [0.717, 1.165) is 41.5 Å². The predicted molar refractivity (Wildman–Crippen MR) is 134 cm³/mol. The Labute approximate surface area is 216 Å². The van der Waals surface area contributed by atoms with Crippen LogP contribution >= 0.6 is 11.3 Å². The van der Waals surface area contributed by atoms with Crippen LogP contribution in [0.15, 0.2) is 42.5 Å². The van der Waals surface area contributed by atoms with E-state index in [0.29, 0.717) is 23.1 Å². The number of rotatable bonds is 9. The standard InChI is InChI=1S/C14H21NO3.C12H8F3NO2S/c1-17-13-6-5-11(7-14(13)18-2)12(16)9-15-8-10-3-4-10;1-6-16-9(10(19-6)11(17)18)7-3-2-4-8(5-7)12(13,14)15/h5-7,10,12,15-16H,3-4,8-9H2,1-2H3;2-5H,1H3,(H,17,18). The highest BCUT2D eigenvalue weighted by molar-refractivity contribution is 7.14. The summed E-state index contributed by atoms with van der Waals surface area (Å²) in [7, 11) is 3.20. The van der Waals surface area contributed by atoms with Crippen LogP contribution in [-0.4, -0.2) is 48.5 Å². The molecule has 200 valence electrons. The number of carbonyl (C=O) groups is 1. The zero-order valence-corrected chi connectivity index (χ0v) is 21.4. The van der Waals surface area contributed by atoms with Crippen molar-refractivity contribution in [2.45, 2.75) is 32.0 Å². The molecule has 1 aliphatic carbocycles. The third-order valence-corrected chi connectivity index (χ3v) is 6.61. The Bertz CT molecular complexity index is 1210. The monoisotopic (exact) mass is 538 g/mol. The topological polar surface area (TPSA) is 101 Å². The molecule has 1 heterocycles. The molecule has 0 bridgehead atoms. The van der Waals surface area contributed by atoms with E-state index in [1.165, 1.54) is 25.0 Å². The molecule has 1 unspecified atom stereocenters. The van der Waals surface area contributed by atoms with Gasteiger partial charge in [0.05, 0.1) is 36.6 Å². The Kier molecular flexibility index (Phi) is 9.52. The number of benzene rings is 2. The predicted octanol–water partition coefficient (Wildman–Crippen LogP) is 5.57. The zero-order chi connectivity index (χ0) is 27.2. The van der Waals surface area contributed by atoms with Crippen molar-refractivity contribution in [1.29, 1.82) is 0 Å². The Morgan fingerprint density at radius 3 is 2.46 bits per heavy atom. The number of aliphatic hydroxyl groups excluding tert-OH is 1. The molecule has 3 aromatic rings. The fourth-order valence-electron chi connectivity index (χ4n) is 3.53. The highest BCUT2D eigenvalue weighted by atomic mass is 32.1. The van der Waals surface area contributed by atoms with Gasteiger partial charge in [0.15, 0.2) is 11.5 Å². The van der Waals surface area contributed by atoms with Gasteiger partial charge in [0.1, 0.15) is 4.88 Å². The zero-order valence-electron chi connectivity index (χ0n) is 20.6. The van der Waals surface area contributed by atoms with Gasteiger partial charge in [0.25, 0.3) is 0 Å². The summed E-state index contributed by atoms with van der Waals surface area (Å²) >= 11 is 0.939. The number of halogens is 3. The lowest BCUT2D eigenvalue weighted by molar-refractivity contribution is -0.137. The summed E-state index contributed by atoms with van der Waals surface area (Å²) in [6.07, 6.45) is -2.34. The van der Waals surface area contributed by atoms with Crippen molar-refractivity contribution in [3.05, 3.63) is 63.5 Å². The van der Waals surface area contributed by atoms with E-state index >= 15 is 0 Å². The SMILES string of the molecule is COc1ccc(C(O)CNCC2CC2)cc1OC.Cc1nc(-c2cccc(C(F)(F)F)c2)c(C(=O)O)s1. The quantitative estimate of drug-likeness (QED) is 0.327. The third kappa shape index (κ3) is 7.91. The number of aryl methyl sites for hydroxylation is 1. The highest BCUT2D eigenvalue weighted by Crippen LogP contribution is 2.34. The van der Waals surface area contributed by atoms with Gasteiger partial charge in [-0.3, -0.25) is 0 Å². The molecule has 4 rings (SSSR count). The first-order valence-electron chi connectivity index (χ1n) is 11.5. The number of nitrogens with zero attached hydrogens (tertiary/aromatic N) is 1. The molecule has 1 aromatic heterocycles. The first-order valence-corrected chi connectivity index (χ1v) is 12.3. The normalized spacial score (nSPS) is 13.9. The Morgan fingerprint density at radius 1 is 1.16 bits per heavy atom. The van der Waals surface area contributed by atoms with Crippen LogP contribution in [0.5, 0.6) is 11.5 Å². The van der Waals surface area contributed by atoms with Gasteiger partial charge in [-0.15, -0.1) is 11.3 Å². The molecule has 0 radical (unpaired) electrons. The van der Waals surface area contributed by atoms with Crippen LogP contribution in [0.4, 0.5) is 13.2 Å². The highest BCUT2D eigenvalue weighted by Gasteiger charge is 2.31. The molecule has 1 fully saturated rings. The third-order valence-electron chi connectivity index (χ3n) is 5.65. The maximum atomic E-state index is 12.6. The molecule has 0 amide bonds. The van der Waals surface area contributed by atoms with E-state index in [-0.39, 0.29) is 16.1 Å². The maximum absolute atomic E-state index is 12.6. The number of aromatic carboxylic acids is 1. The number of alkyl halides is 3. The van der Waals surface area contributed by atoms with Gasteiger partial charge in [-0.25, -0.2) is 9.78 Å². The van der Waals surface area contributed by atoms with Gasteiger partial charge in [-0.1, -0.05) is 18.2 Å². The summed E-state index contributed by atoms with van der Waals surface area (Å²) in [5.74, 6) is 0.955. The fraction of sp³-hybridized carbons (Fsp3) is 0.385. The molecule has 3 N–H and O–H groups in total. The number of carboxylic acid groups (broad SMARTS) is 1. The van der Waals surface area contributed by atoms with Crippen molar-refractivity contribution in [3.8, 4) is 22.8 Å². The van der Waals surface area contributed by atoms with Gasteiger partial charge in [0, 0.05) is 12.1 Å². The van der Waals surface area contributed by atoms with E-state index in [1.54, 1.807) is 21.1 Å². The summed E-state index contributed by atoms with van der Waals surface area (Å²) in [5.41, 5.74) is 0.237. The number of nitrogens with one attached hydrogen (secondary N) is 1. The number of carboxylic acids is 1. The first-order chi connectivity index (χ1) is 17.5. The van der Waals surface area contributed by atoms with Crippen molar-refractivity contribution in [2.75, 3.05) is 27.3 Å². The second-order valence-corrected chi connectivity index (χ2v) is 9.73. The number of ether oxygens (including phenoxy) is 2. The Morgan fingerprint density at radius 2 is 1.86 bits per heavy atom. The summed E-state index contributed by atoms with van der Waals surface area (Å²) in [6.45, 7) is 3.19. The van der Waals surface area contributed by atoms with Crippen LogP contribution in [0.25, 0.3) is 11.3 Å². The van der Waals surface area contributed by atoms with Crippen LogP contribution in [0.2, 0.25) is 0 Å². The molecule has 1 aliphatic rings. The minimum absolute atomic E-state index is 0.0585. The molecule has 0 saturated heterocycles. The van der Waals surface area contributed by atoms with Crippen molar-refractivity contribution < 1.29 is 37.7 Å². The molecule has 37 heavy (non-hydrogen) atoms. The largest absolute Gasteiger partial charge is 0.493 e. The van der Waals surface area contributed by atoms with Gasteiger partial charge in [-0.05, 0) is 62.1 Å². The number of aromatic nitrogens is 1. The van der Waals surface area contributed by atoms with E-state index in [4.69, 9.17) is 14.6 Å². The molecule has 11 heteroatoms. The van der Waals surface area contributed by atoms with Crippen LogP contribution < -0.4 is 14.8 Å². The fourth-order valence-corrected chi connectivity index (χ4v) is 4.31. The van der Waals surface area contributed by atoms with Crippen LogP contribution in [-0.2, 0) is 6.18 Å². The lowest BCUT2D eigenvalue weighted by Gasteiger charge is -2.14. The second-order valence-electron chi connectivity index (χ2n) is 8.53. The summed E-state index contributed by atoms with van der Waals surface area (Å²) < 4.78 is 48.2. The van der Waals surface area contributed by atoms with E-state index in [1.807, 2.05) is 18.2 Å². The van der Waals surface area contributed by atoms with Crippen molar-refractivity contribution in [2.24, 2.45) is 5.92 Å². The van der Waals surface area contributed by atoms with E-state index < -0.39 is 23.8 Å². The van der Waals surface area contributed by atoms with Gasteiger partial charge < -0.3 is 25.0 Å². The Balaban J connectivity index is 0.000000206. The lowest BCUT2D eigenvalue weighted by Crippen LogP contribution is -2.23. The molecule has 0 aliphatic heterocycles.